The molecule has 1 N–H and O–H groups in total. The molecule has 2 rings (SSSR count). The van der Waals surface area contributed by atoms with Crippen LogP contribution < -0.4 is 15.0 Å². The van der Waals surface area contributed by atoms with Crippen LogP contribution in [-0.4, -0.2) is 45.7 Å². The summed E-state index contributed by atoms with van der Waals surface area (Å²) in [4.78, 5) is 25.6. The molecule has 0 radical (unpaired) electrons. The molecule has 0 bridgehead atoms. The molecule has 1 aliphatic rings. The third kappa shape index (κ3) is 4.94. The first-order valence-electron chi connectivity index (χ1n) is 8.32. The van der Waals surface area contributed by atoms with Crippen molar-refractivity contribution in [1.29, 1.82) is 0 Å². The van der Waals surface area contributed by atoms with Crippen LogP contribution in [0.25, 0.3) is 0 Å². The van der Waals surface area contributed by atoms with Crippen LogP contribution in [0.5, 0.6) is 5.75 Å². The fourth-order valence-electron chi connectivity index (χ4n) is 2.46. The second-order valence-electron chi connectivity index (χ2n) is 6.40. The topological polar surface area (TPSA) is 92.8 Å². The van der Waals surface area contributed by atoms with Gasteiger partial charge in [-0.2, -0.15) is 0 Å². The average Bonchev–Trinajstić information content (AvgIpc) is 2.53. The lowest BCUT2D eigenvalue weighted by molar-refractivity contribution is -0.133. The van der Waals surface area contributed by atoms with E-state index < -0.39 is 15.8 Å². The number of carbonyl (C=O) groups excluding carboxylic acids is 2. The van der Waals surface area contributed by atoms with Crippen molar-refractivity contribution in [2.45, 2.75) is 32.1 Å². The molecule has 25 heavy (non-hydrogen) atoms. The van der Waals surface area contributed by atoms with Gasteiger partial charge in [-0.05, 0) is 24.5 Å². The van der Waals surface area contributed by atoms with E-state index in [1.165, 1.54) is 12.1 Å². The Kier molecular flexibility index (Phi) is 6.05. The standard InChI is InChI=1S/C17H24N2O5S/c1-4-25(22,23)13-5-6-14-15(9-13)24-17(21)11-19(14)10-16(20)18-8-7-12(2)3/h5-6,9,12H,4,7-8,10-11H2,1-3H3,(H,18,20). The number of rotatable bonds is 7. The van der Waals surface area contributed by atoms with E-state index in [2.05, 4.69) is 19.2 Å². The molecule has 8 heteroatoms. The lowest BCUT2D eigenvalue weighted by Gasteiger charge is -2.29. The summed E-state index contributed by atoms with van der Waals surface area (Å²) in [6.07, 6.45) is 0.878. The van der Waals surface area contributed by atoms with Gasteiger partial charge in [-0.25, -0.2) is 13.2 Å². The summed E-state index contributed by atoms with van der Waals surface area (Å²) in [6.45, 7) is 6.24. The maximum atomic E-state index is 12.1. The number of carbonyl (C=O) groups is 2. The summed E-state index contributed by atoms with van der Waals surface area (Å²) in [5, 5.41) is 2.82. The Hall–Kier alpha value is -2.09. The molecule has 0 fully saturated rings. The predicted molar refractivity (Wildman–Crippen MR) is 94.5 cm³/mol. The summed E-state index contributed by atoms with van der Waals surface area (Å²) < 4.78 is 29.1. The minimum atomic E-state index is -3.40. The van der Waals surface area contributed by atoms with E-state index in [9.17, 15) is 18.0 Å². The van der Waals surface area contributed by atoms with E-state index in [1.807, 2.05) is 0 Å². The normalized spacial score (nSPS) is 14.2. The molecule has 7 nitrogen and oxygen atoms in total. The molecule has 1 aromatic carbocycles. The molecule has 0 unspecified atom stereocenters. The van der Waals surface area contributed by atoms with Gasteiger partial charge in [0.25, 0.3) is 0 Å². The summed E-state index contributed by atoms with van der Waals surface area (Å²) >= 11 is 0. The van der Waals surface area contributed by atoms with Crippen LogP contribution in [0.1, 0.15) is 27.2 Å². The lowest BCUT2D eigenvalue weighted by Crippen LogP contribution is -2.43. The van der Waals surface area contributed by atoms with E-state index in [4.69, 9.17) is 4.74 Å². The molecule has 1 aliphatic heterocycles. The van der Waals surface area contributed by atoms with Gasteiger partial charge in [0.2, 0.25) is 5.91 Å². The van der Waals surface area contributed by atoms with Crippen molar-refractivity contribution >= 4 is 27.4 Å². The second kappa shape index (κ2) is 7.86. The zero-order valence-electron chi connectivity index (χ0n) is 14.7. The molecule has 0 spiro atoms. The van der Waals surface area contributed by atoms with Crippen molar-refractivity contribution in [1.82, 2.24) is 5.32 Å². The number of benzene rings is 1. The fourth-order valence-corrected chi connectivity index (χ4v) is 3.36. The minimum absolute atomic E-state index is 0.0140. The number of ether oxygens (including phenoxy) is 1. The molecule has 1 amide bonds. The van der Waals surface area contributed by atoms with Gasteiger partial charge in [-0.15, -0.1) is 0 Å². The maximum absolute atomic E-state index is 12.1. The van der Waals surface area contributed by atoms with Crippen molar-refractivity contribution in [2.24, 2.45) is 5.92 Å². The van der Waals surface area contributed by atoms with Gasteiger partial charge in [0.15, 0.2) is 15.6 Å². The van der Waals surface area contributed by atoms with E-state index in [-0.39, 0.29) is 35.4 Å². The number of hydrogen-bond acceptors (Lipinski definition) is 6. The van der Waals surface area contributed by atoms with Gasteiger partial charge in [-0.1, -0.05) is 20.8 Å². The van der Waals surface area contributed by atoms with E-state index in [1.54, 1.807) is 17.9 Å². The summed E-state index contributed by atoms with van der Waals surface area (Å²) in [6, 6.07) is 4.39. The number of nitrogens with one attached hydrogen (secondary N) is 1. The molecule has 0 saturated heterocycles. The molecular formula is C17H24N2O5S. The van der Waals surface area contributed by atoms with Crippen LogP contribution in [0.4, 0.5) is 5.69 Å². The third-order valence-corrected chi connectivity index (χ3v) is 5.67. The Balaban J connectivity index is 2.15. The van der Waals surface area contributed by atoms with Crippen molar-refractivity contribution in [2.75, 3.05) is 30.3 Å². The highest BCUT2D eigenvalue weighted by molar-refractivity contribution is 7.91. The molecule has 1 heterocycles. The van der Waals surface area contributed by atoms with Crippen LogP contribution >= 0.6 is 0 Å². The number of amides is 1. The van der Waals surface area contributed by atoms with E-state index >= 15 is 0 Å². The molecule has 1 aromatic rings. The Morgan fingerprint density at radius 2 is 2.08 bits per heavy atom. The molecule has 0 aromatic heterocycles. The van der Waals surface area contributed by atoms with Gasteiger partial charge in [0, 0.05) is 12.6 Å². The van der Waals surface area contributed by atoms with Crippen LogP contribution in [-0.2, 0) is 19.4 Å². The molecule has 0 saturated carbocycles. The number of esters is 1. The summed E-state index contributed by atoms with van der Waals surface area (Å²) in [7, 11) is -3.40. The van der Waals surface area contributed by atoms with Crippen LogP contribution in [0, 0.1) is 5.92 Å². The number of fused-ring (bicyclic) bond motifs is 1. The Bertz CT molecular complexity index is 758. The van der Waals surface area contributed by atoms with Crippen molar-refractivity contribution in [3.8, 4) is 5.75 Å². The first-order chi connectivity index (χ1) is 11.7. The molecule has 0 aliphatic carbocycles. The van der Waals surface area contributed by atoms with Crippen LogP contribution in [0.15, 0.2) is 23.1 Å². The zero-order valence-corrected chi connectivity index (χ0v) is 15.6. The minimum Gasteiger partial charge on any atom is -0.423 e. The monoisotopic (exact) mass is 368 g/mol. The smallest absolute Gasteiger partial charge is 0.331 e. The fraction of sp³-hybridized carbons (Fsp3) is 0.529. The van der Waals surface area contributed by atoms with Crippen LogP contribution in [0.3, 0.4) is 0 Å². The van der Waals surface area contributed by atoms with Gasteiger partial charge < -0.3 is 15.0 Å². The highest BCUT2D eigenvalue weighted by Gasteiger charge is 2.27. The van der Waals surface area contributed by atoms with E-state index in [0.717, 1.165) is 6.42 Å². The Morgan fingerprint density at radius 1 is 1.36 bits per heavy atom. The Morgan fingerprint density at radius 3 is 2.72 bits per heavy atom. The largest absolute Gasteiger partial charge is 0.423 e. The summed E-state index contributed by atoms with van der Waals surface area (Å²) in [5.41, 5.74) is 0.536. The van der Waals surface area contributed by atoms with Crippen molar-refractivity contribution in [3.63, 3.8) is 0 Å². The van der Waals surface area contributed by atoms with Crippen molar-refractivity contribution in [3.05, 3.63) is 18.2 Å². The highest BCUT2D eigenvalue weighted by Crippen LogP contribution is 2.34. The van der Waals surface area contributed by atoms with Gasteiger partial charge >= 0.3 is 5.97 Å². The SMILES string of the molecule is CCS(=O)(=O)c1ccc2c(c1)OC(=O)CN2CC(=O)NCCC(C)C. The highest BCUT2D eigenvalue weighted by atomic mass is 32.2. The van der Waals surface area contributed by atoms with E-state index in [0.29, 0.717) is 18.2 Å². The van der Waals surface area contributed by atoms with Gasteiger partial charge in [0.1, 0.15) is 6.54 Å². The van der Waals surface area contributed by atoms with Gasteiger partial charge in [0.05, 0.1) is 22.9 Å². The first-order valence-corrected chi connectivity index (χ1v) is 9.97. The quantitative estimate of drug-likeness (QED) is 0.577. The first kappa shape index (κ1) is 19.2. The predicted octanol–water partition coefficient (Wildman–Crippen LogP) is 1.37. The maximum Gasteiger partial charge on any atom is 0.331 e. The third-order valence-electron chi connectivity index (χ3n) is 3.93. The number of anilines is 1. The number of sulfone groups is 1. The molecular weight excluding hydrogens is 344 g/mol. The zero-order chi connectivity index (χ0) is 18.6. The number of nitrogens with zero attached hydrogens (tertiary/aromatic N) is 1. The molecule has 0 atom stereocenters. The molecule has 138 valence electrons. The lowest BCUT2D eigenvalue weighted by atomic mass is 10.1. The summed E-state index contributed by atoms with van der Waals surface area (Å²) in [5.74, 6) is -0.0902. The average molecular weight is 368 g/mol. The Labute approximate surface area is 148 Å². The van der Waals surface area contributed by atoms with Crippen molar-refractivity contribution < 1.29 is 22.7 Å². The number of hydrogen-bond donors (Lipinski definition) is 1. The van der Waals surface area contributed by atoms with Gasteiger partial charge in [-0.3, -0.25) is 4.79 Å². The van der Waals surface area contributed by atoms with Crippen LogP contribution in [0.2, 0.25) is 0 Å². The second-order valence-corrected chi connectivity index (χ2v) is 8.67.